The van der Waals surface area contributed by atoms with E-state index in [-0.39, 0.29) is 23.7 Å². The molecule has 1 aliphatic rings. The Bertz CT molecular complexity index is 930. The zero-order valence-electron chi connectivity index (χ0n) is 13.5. The van der Waals surface area contributed by atoms with Crippen LogP contribution in [0.3, 0.4) is 0 Å². The van der Waals surface area contributed by atoms with Crippen LogP contribution in [0.5, 0.6) is 0 Å². The van der Waals surface area contributed by atoms with Crippen LogP contribution < -0.4 is 0 Å². The molecule has 1 aliphatic heterocycles. The molecular weight excluding hydrogens is 400 g/mol. The van der Waals surface area contributed by atoms with E-state index in [2.05, 4.69) is 0 Å². The van der Waals surface area contributed by atoms with Gasteiger partial charge in [0.2, 0.25) is 10.0 Å². The number of ether oxygens (including phenoxy) is 1. The van der Waals surface area contributed by atoms with Crippen molar-refractivity contribution in [2.45, 2.75) is 14.7 Å². The molecule has 2 aromatic carbocycles. The molecule has 0 N–H and O–H groups in total. The maximum Gasteiger partial charge on any atom is 0.270 e. The van der Waals surface area contributed by atoms with Crippen molar-refractivity contribution in [1.82, 2.24) is 4.31 Å². The van der Waals surface area contributed by atoms with Crippen molar-refractivity contribution in [1.29, 1.82) is 0 Å². The number of nitro groups is 1. The van der Waals surface area contributed by atoms with Crippen molar-refractivity contribution >= 4 is 39.1 Å². The van der Waals surface area contributed by atoms with Gasteiger partial charge in [-0.15, -0.1) is 0 Å². The standard InChI is InChI=1S/C16H15ClN2O5S2/c17-13-3-1-2-4-14(13)25-15-6-5-12(19(20)21)11-16(15)26(22,23)18-7-9-24-10-8-18/h1-6,11H,7-10H2. The minimum Gasteiger partial charge on any atom is -0.379 e. The van der Waals surface area contributed by atoms with Gasteiger partial charge < -0.3 is 4.74 Å². The number of hydrogen-bond acceptors (Lipinski definition) is 6. The monoisotopic (exact) mass is 414 g/mol. The molecule has 7 nitrogen and oxygen atoms in total. The molecule has 1 saturated heterocycles. The molecule has 10 heteroatoms. The first-order valence-corrected chi connectivity index (χ1v) is 10.3. The summed E-state index contributed by atoms with van der Waals surface area (Å²) in [5, 5.41) is 11.6. The number of nitrogens with zero attached hydrogens (tertiary/aromatic N) is 2. The van der Waals surface area contributed by atoms with E-state index in [9.17, 15) is 18.5 Å². The fourth-order valence-corrected chi connectivity index (χ4v) is 5.51. The number of nitro benzene ring substituents is 1. The lowest BCUT2D eigenvalue weighted by molar-refractivity contribution is -0.385. The lowest BCUT2D eigenvalue weighted by atomic mass is 10.3. The fraction of sp³-hybridized carbons (Fsp3) is 0.250. The van der Waals surface area contributed by atoms with Crippen molar-refractivity contribution in [2.24, 2.45) is 0 Å². The maximum atomic E-state index is 13.1. The molecule has 0 unspecified atom stereocenters. The van der Waals surface area contributed by atoms with Crippen LogP contribution >= 0.6 is 23.4 Å². The second-order valence-electron chi connectivity index (χ2n) is 5.44. The Kier molecular flexibility index (Phi) is 5.83. The summed E-state index contributed by atoms with van der Waals surface area (Å²) in [4.78, 5) is 11.5. The first kappa shape index (κ1) is 19.1. The second-order valence-corrected chi connectivity index (χ2v) is 8.83. The highest BCUT2D eigenvalue weighted by molar-refractivity contribution is 8.00. The third-order valence-electron chi connectivity index (χ3n) is 3.78. The van der Waals surface area contributed by atoms with E-state index in [0.29, 0.717) is 28.0 Å². The smallest absolute Gasteiger partial charge is 0.270 e. The zero-order valence-corrected chi connectivity index (χ0v) is 15.9. The Labute approximate surface area is 160 Å². The number of non-ortho nitro benzene ring substituents is 1. The Morgan fingerprint density at radius 2 is 1.81 bits per heavy atom. The minimum atomic E-state index is -3.90. The highest BCUT2D eigenvalue weighted by Crippen LogP contribution is 2.39. The first-order chi connectivity index (χ1) is 12.4. The molecule has 26 heavy (non-hydrogen) atoms. The van der Waals surface area contributed by atoms with E-state index < -0.39 is 14.9 Å². The molecule has 1 heterocycles. The van der Waals surface area contributed by atoms with Gasteiger partial charge in [-0.1, -0.05) is 35.5 Å². The summed E-state index contributed by atoms with van der Waals surface area (Å²) in [6.45, 7) is 1.00. The van der Waals surface area contributed by atoms with Gasteiger partial charge in [0.15, 0.2) is 0 Å². The van der Waals surface area contributed by atoms with Gasteiger partial charge in [-0.05, 0) is 18.2 Å². The molecule has 0 amide bonds. The predicted octanol–water partition coefficient (Wildman–Crippen LogP) is 3.42. The molecule has 0 saturated carbocycles. The molecule has 0 aromatic heterocycles. The lowest BCUT2D eigenvalue weighted by Gasteiger charge is -2.26. The maximum absolute atomic E-state index is 13.1. The van der Waals surface area contributed by atoms with Crippen LogP contribution in [-0.2, 0) is 14.8 Å². The third-order valence-corrected chi connectivity index (χ3v) is 7.44. The molecular formula is C16H15ClN2O5S2. The Morgan fingerprint density at radius 1 is 1.12 bits per heavy atom. The summed E-state index contributed by atoms with van der Waals surface area (Å²) in [5.74, 6) is 0. The number of benzene rings is 2. The van der Waals surface area contributed by atoms with Gasteiger partial charge in [0.05, 0.1) is 23.2 Å². The van der Waals surface area contributed by atoms with Gasteiger partial charge >= 0.3 is 0 Å². The molecule has 3 rings (SSSR count). The fourth-order valence-electron chi connectivity index (χ4n) is 2.47. The van der Waals surface area contributed by atoms with Gasteiger partial charge in [0.1, 0.15) is 4.90 Å². The normalized spacial score (nSPS) is 15.7. The highest BCUT2D eigenvalue weighted by atomic mass is 35.5. The molecule has 0 spiro atoms. The summed E-state index contributed by atoms with van der Waals surface area (Å²) < 4.78 is 32.6. The Morgan fingerprint density at radius 3 is 2.46 bits per heavy atom. The largest absolute Gasteiger partial charge is 0.379 e. The van der Waals surface area contributed by atoms with E-state index in [1.807, 2.05) is 0 Å². The highest BCUT2D eigenvalue weighted by Gasteiger charge is 2.30. The van der Waals surface area contributed by atoms with Gasteiger partial charge in [-0.25, -0.2) is 8.42 Å². The van der Waals surface area contributed by atoms with Crippen LogP contribution in [0.1, 0.15) is 0 Å². The van der Waals surface area contributed by atoms with Crippen LogP contribution in [0, 0.1) is 10.1 Å². The number of morpholine rings is 1. The molecule has 138 valence electrons. The first-order valence-electron chi connectivity index (χ1n) is 7.68. The van der Waals surface area contributed by atoms with E-state index in [0.717, 1.165) is 17.8 Å². The van der Waals surface area contributed by atoms with Gasteiger partial charge in [-0.2, -0.15) is 4.31 Å². The Hall–Kier alpha value is -1.65. The van der Waals surface area contributed by atoms with E-state index in [4.69, 9.17) is 16.3 Å². The predicted molar refractivity (Wildman–Crippen MR) is 98.2 cm³/mol. The molecule has 0 aliphatic carbocycles. The average Bonchev–Trinajstić information content (AvgIpc) is 2.64. The third kappa shape index (κ3) is 4.02. The number of sulfonamides is 1. The molecule has 0 bridgehead atoms. The van der Waals surface area contributed by atoms with Crippen molar-refractivity contribution in [3.05, 3.63) is 57.6 Å². The van der Waals surface area contributed by atoms with Crippen molar-refractivity contribution in [3.8, 4) is 0 Å². The molecule has 0 atom stereocenters. The summed E-state index contributed by atoms with van der Waals surface area (Å²) in [6, 6.07) is 10.9. The Balaban J connectivity index is 2.07. The minimum absolute atomic E-state index is 0.0986. The number of rotatable bonds is 5. The van der Waals surface area contributed by atoms with Crippen LogP contribution in [0.25, 0.3) is 0 Å². The average molecular weight is 415 g/mol. The zero-order chi connectivity index (χ0) is 18.7. The molecule has 0 radical (unpaired) electrons. The molecule has 1 fully saturated rings. The van der Waals surface area contributed by atoms with Crippen molar-refractivity contribution < 1.29 is 18.1 Å². The van der Waals surface area contributed by atoms with Crippen LogP contribution in [0.2, 0.25) is 5.02 Å². The molecule has 2 aromatic rings. The van der Waals surface area contributed by atoms with Crippen LogP contribution in [0.15, 0.2) is 57.2 Å². The summed E-state index contributed by atoms with van der Waals surface area (Å²) in [6.07, 6.45) is 0. The second kappa shape index (κ2) is 7.93. The summed E-state index contributed by atoms with van der Waals surface area (Å²) in [5.41, 5.74) is -0.277. The van der Waals surface area contributed by atoms with Crippen molar-refractivity contribution in [2.75, 3.05) is 26.3 Å². The van der Waals surface area contributed by atoms with E-state index >= 15 is 0 Å². The number of halogens is 1. The SMILES string of the molecule is O=[N+]([O-])c1ccc(Sc2ccccc2Cl)c(S(=O)(=O)N2CCOCC2)c1. The van der Waals surface area contributed by atoms with Crippen LogP contribution in [0.4, 0.5) is 5.69 Å². The summed E-state index contributed by atoms with van der Waals surface area (Å²) >= 11 is 7.33. The quantitative estimate of drug-likeness (QED) is 0.550. The van der Waals surface area contributed by atoms with Gasteiger partial charge in [0, 0.05) is 35.0 Å². The number of hydrogen-bond donors (Lipinski definition) is 0. The van der Waals surface area contributed by atoms with Gasteiger partial charge in [0.25, 0.3) is 5.69 Å². The lowest BCUT2D eigenvalue weighted by Crippen LogP contribution is -2.40. The topological polar surface area (TPSA) is 89.8 Å². The van der Waals surface area contributed by atoms with Crippen LogP contribution in [-0.4, -0.2) is 43.9 Å². The van der Waals surface area contributed by atoms with Crippen molar-refractivity contribution in [3.63, 3.8) is 0 Å². The van der Waals surface area contributed by atoms with E-state index in [1.165, 1.54) is 16.4 Å². The van der Waals surface area contributed by atoms with E-state index in [1.54, 1.807) is 24.3 Å². The summed E-state index contributed by atoms with van der Waals surface area (Å²) in [7, 11) is -3.90. The van der Waals surface area contributed by atoms with Gasteiger partial charge in [-0.3, -0.25) is 10.1 Å².